The Bertz CT molecular complexity index is 447. The molecule has 0 radical (unpaired) electrons. The summed E-state index contributed by atoms with van der Waals surface area (Å²) in [5.74, 6) is -0.638. The van der Waals surface area contributed by atoms with Crippen molar-refractivity contribution in [2.24, 2.45) is 11.5 Å². The fraction of sp³-hybridized carbons (Fsp3) is 0.300. The minimum atomic E-state index is -0.638. The molecule has 0 heterocycles. The average Bonchev–Trinajstić information content (AvgIpc) is 2.35. The first-order valence-corrected chi connectivity index (χ1v) is 4.83. The molecule has 7 heteroatoms. The van der Waals surface area contributed by atoms with Crippen molar-refractivity contribution in [2.45, 2.75) is 6.04 Å². The van der Waals surface area contributed by atoms with Crippen LogP contribution in [0.3, 0.4) is 0 Å². The molecule has 17 heavy (non-hydrogen) atoms. The van der Waals surface area contributed by atoms with Crippen molar-refractivity contribution in [1.82, 2.24) is 0 Å². The van der Waals surface area contributed by atoms with Gasteiger partial charge in [-0.1, -0.05) is 0 Å². The smallest absolute Gasteiger partial charge is 0.338 e. The molecule has 4 N–H and O–H groups in total. The molecule has 0 aliphatic carbocycles. The zero-order valence-corrected chi connectivity index (χ0v) is 9.25. The van der Waals surface area contributed by atoms with Gasteiger partial charge in [-0.25, -0.2) is 4.79 Å². The molecule has 0 bridgehead atoms. The van der Waals surface area contributed by atoms with Crippen molar-refractivity contribution >= 4 is 11.7 Å². The Labute approximate surface area is 97.5 Å². The normalized spacial score (nSPS) is 11.9. The van der Waals surface area contributed by atoms with Crippen LogP contribution in [0, 0.1) is 10.1 Å². The van der Waals surface area contributed by atoms with E-state index in [9.17, 15) is 14.9 Å². The van der Waals surface area contributed by atoms with Crippen molar-refractivity contribution in [3.8, 4) is 0 Å². The van der Waals surface area contributed by atoms with E-state index in [2.05, 4.69) is 4.74 Å². The van der Waals surface area contributed by atoms with Gasteiger partial charge in [0.15, 0.2) is 0 Å². The molecule has 0 spiro atoms. The van der Waals surface area contributed by atoms with Crippen LogP contribution >= 0.6 is 0 Å². The molecule has 0 saturated heterocycles. The zero-order chi connectivity index (χ0) is 13.0. The predicted molar refractivity (Wildman–Crippen MR) is 60.4 cm³/mol. The lowest BCUT2D eigenvalue weighted by Gasteiger charge is -2.10. The summed E-state index contributed by atoms with van der Waals surface area (Å²) in [5.41, 5.74) is 11.2. The van der Waals surface area contributed by atoms with Crippen molar-refractivity contribution in [3.63, 3.8) is 0 Å². The maximum Gasteiger partial charge on any atom is 0.338 e. The van der Waals surface area contributed by atoms with E-state index >= 15 is 0 Å². The van der Waals surface area contributed by atoms with Crippen molar-refractivity contribution in [2.75, 3.05) is 13.7 Å². The van der Waals surface area contributed by atoms with Gasteiger partial charge in [-0.05, 0) is 12.1 Å². The van der Waals surface area contributed by atoms with Gasteiger partial charge in [0.2, 0.25) is 0 Å². The lowest BCUT2D eigenvalue weighted by Crippen LogP contribution is -2.22. The SMILES string of the molecule is COC(=O)c1ccc([C@@H](N)CN)c([N+](=O)[O-])c1. The molecular formula is C10H13N3O4. The maximum absolute atomic E-state index is 11.2. The number of ether oxygens (including phenoxy) is 1. The summed E-state index contributed by atoms with van der Waals surface area (Å²) in [5, 5.41) is 10.9. The topological polar surface area (TPSA) is 121 Å². The van der Waals surface area contributed by atoms with E-state index in [1.165, 1.54) is 19.2 Å². The summed E-state index contributed by atoms with van der Waals surface area (Å²) in [6.07, 6.45) is 0. The van der Waals surface area contributed by atoms with Crippen molar-refractivity contribution < 1.29 is 14.5 Å². The van der Waals surface area contributed by atoms with Gasteiger partial charge in [-0.2, -0.15) is 0 Å². The van der Waals surface area contributed by atoms with Gasteiger partial charge in [0.05, 0.1) is 17.6 Å². The molecule has 0 aliphatic heterocycles. The Kier molecular flexibility index (Phi) is 4.13. The minimum absolute atomic E-state index is 0.0818. The van der Waals surface area contributed by atoms with Crippen LogP contribution < -0.4 is 11.5 Å². The number of rotatable bonds is 4. The molecule has 0 aromatic heterocycles. The third kappa shape index (κ3) is 2.77. The first-order valence-electron chi connectivity index (χ1n) is 4.83. The number of nitro groups is 1. The summed E-state index contributed by atoms with van der Waals surface area (Å²) in [4.78, 5) is 21.5. The fourth-order valence-corrected chi connectivity index (χ4v) is 1.39. The number of hydrogen-bond acceptors (Lipinski definition) is 6. The van der Waals surface area contributed by atoms with Crippen LogP contribution in [-0.4, -0.2) is 24.5 Å². The standard InChI is InChI=1S/C10H13N3O4/c1-17-10(14)6-2-3-7(8(12)5-11)9(4-6)13(15)16/h2-4,8H,5,11-12H2,1H3/t8-/m0/s1. The summed E-state index contributed by atoms with van der Waals surface area (Å²) >= 11 is 0. The van der Waals surface area contributed by atoms with E-state index in [0.717, 1.165) is 6.07 Å². The van der Waals surface area contributed by atoms with Crippen LogP contribution in [0.15, 0.2) is 18.2 Å². The number of nitrogens with two attached hydrogens (primary N) is 2. The van der Waals surface area contributed by atoms with Gasteiger partial charge in [0.1, 0.15) is 0 Å². The van der Waals surface area contributed by atoms with Crippen molar-refractivity contribution in [3.05, 3.63) is 39.4 Å². The number of methoxy groups -OCH3 is 1. The van der Waals surface area contributed by atoms with Crippen LogP contribution in [0.25, 0.3) is 0 Å². The van der Waals surface area contributed by atoms with E-state index in [1.54, 1.807) is 0 Å². The molecule has 0 unspecified atom stereocenters. The van der Waals surface area contributed by atoms with Gasteiger partial charge >= 0.3 is 5.97 Å². The number of nitrogens with zero attached hydrogens (tertiary/aromatic N) is 1. The molecule has 1 rings (SSSR count). The Hall–Kier alpha value is -1.99. The van der Waals surface area contributed by atoms with E-state index in [-0.39, 0.29) is 17.8 Å². The van der Waals surface area contributed by atoms with E-state index < -0.39 is 16.9 Å². The molecule has 1 aromatic carbocycles. The van der Waals surface area contributed by atoms with Crippen LogP contribution in [0.2, 0.25) is 0 Å². The van der Waals surface area contributed by atoms with Gasteiger partial charge in [0, 0.05) is 24.2 Å². The molecule has 7 nitrogen and oxygen atoms in total. The average molecular weight is 239 g/mol. The van der Waals surface area contributed by atoms with E-state index in [0.29, 0.717) is 5.56 Å². The Morgan fingerprint density at radius 2 is 2.24 bits per heavy atom. The highest BCUT2D eigenvalue weighted by molar-refractivity contribution is 5.90. The fourth-order valence-electron chi connectivity index (χ4n) is 1.39. The number of benzene rings is 1. The predicted octanol–water partition coefficient (Wildman–Crippen LogP) is 0.340. The highest BCUT2D eigenvalue weighted by Gasteiger charge is 2.21. The second-order valence-electron chi connectivity index (χ2n) is 3.36. The van der Waals surface area contributed by atoms with E-state index in [1.807, 2.05) is 0 Å². The third-order valence-corrected chi connectivity index (χ3v) is 2.30. The van der Waals surface area contributed by atoms with Crippen LogP contribution in [-0.2, 0) is 4.74 Å². The quantitative estimate of drug-likeness (QED) is 0.444. The highest BCUT2D eigenvalue weighted by atomic mass is 16.6. The number of hydrogen-bond donors (Lipinski definition) is 2. The molecular weight excluding hydrogens is 226 g/mol. The summed E-state index contributed by atoms with van der Waals surface area (Å²) in [6, 6.07) is 3.34. The monoisotopic (exact) mass is 239 g/mol. The van der Waals surface area contributed by atoms with Crippen molar-refractivity contribution in [1.29, 1.82) is 0 Å². The molecule has 0 saturated carbocycles. The number of esters is 1. The van der Waals surface area contributed by atoms with Crippen LogP contribution in [0.5, 0.6) is 0 Å². The second kappa shape index (κ2) is 5.37. The largest absolute Gasteiger partial charge is 0.465 e. The van der Waals surface area contributed by atoms with Gasteiger partial charge < -0.3 is 16.2 Å². The van der Waals surface area contributed by atoms with Crippen LogP contribution in [0.1, 0.15) is 22.0 Å². The van der Waals surface area contributed by atoms with Crippen LogP contribution in [0.4, 0.5) is 5.69 Å². The number of carbonyl (C=O) groups excluding carboxylic acids is 1. The highest BCUT2D eigenvalue weighted by Crippen LogP contribution is 2.25. The number of carbonyl (C=O) groups is 1. The lowest BCUT2D eigenvalue weighted by atomic mass is 10.0. The summed E-state index contributed by atoms with van der Waals surface area (Å²) in [7, 11) is 1.20. The molecule has 0 fully saturated rings. The molecule has 1 atom stereocenters. The molecule has 92 valence electrons. The molecule has 0 amide bonds. The molecule has 0 aliphatic rings. The third-order valence-electron chi connectivity index (χ3n) is 2.30. The molecule has 1 aromatic rings. The zero-order valence-electron chi connectivity index (χ0n) is 9.25. The number of nitro benzene ring substituents is 1. The minimum Gasteiger partial charge on any atom is -0.465 e. The van der Waals surface area contributed by atoms with Gasteiger partial charge in [0.25, 0.3) is 5.69 Å². The van der Waals surface area contributed by atoms with Gasteiger partial charge in [-0.3, -0.25) is 10.1 Å². The Morgan fingerprint density at radius 1 is 1.59 bits per heavy atom. The van der Waals surface area contributed by atoms with E-state index in [4.69, 9.17) is 11.5 Å². The first kappa shape index (κ1) is 13.1. The summed E-state index contributed by atoms with van der Waals surface area (Å²) < 4.78 is 4.48. The Morgan fingerprint density at radius 3 is 2.71 bits per heavy atom. The second-order valence-corrected chi connectivity index (χ2v) is 3.36. The van der Waals surface area contributed by atoms with Gasteiger partial charge in [-0.15, -0.1) is 0 Å². The lowest BCUT2D eigenvalue weighted by molar-refractivity contribution is -0.385. The first-order chi connectivity index (χ1) is 8.01. The maximum atomic E-state index is 11.2. The Balaban J connectivity index is 3.26. The summed E-state index contributed by atoms with van der Waals surface area (Å²) in [6.45, 7) is 0.0818.